The molecule has 2 aromatic rings. The van der Waals surface area contributed by atoms with Crippen LogP contribution in [0, 0.1) is 0 Å². The van der Waals surface area contributed by atoms with Crippen molar-refractivity contribution >= 4 is 33.3 Å². The summed E-state index contributed by atoms with van der Waals surface area (Å²) in [7, 11) is 1.53. The molecule has 0 saturated heterocycles. The van der Waals surface area contributed by atoms with E-state index in [-0.39, 0.29) is 12.4 Å². The van der Waals surface area contributed by atoms with Gasteiger partial charge in [0.1, 0.15) is 12.4 Å². The van der Waals surface area contributed by atoms with E-state index in [1.165, 1.54) is 7.11 Å². The van der Waals surface area contributed by atoms with E-state index >= 15 is 0 Å². The molecule has 0 aliphatic rings. The summed E-state index contributed by atoms with van der Waals surface area (Å²) in [5, 5.41) is 0.413. The van der Waals surface area contributed by atoms with Crippen LogP contribution in [0.25, 0.3) is 0 Å². The Morgan fingerprint density at radius 3 is 2.52 bits per heavy atom. The van der Waals surface area contributed by atoms with Gasteiger partial charge in [-0.3, -0.25) is 4.79 Å². The zero-order chi connectivity index (χ0) is 15.2. The summed E-state index contributed by atoms with van der Waals surface area (Å²) in [6.45, 7) is 0.404. The first-order valence-corrected chi connectivity index (χ1v) is 7.46. The van der Waals surface area contributed by atoms with Gasteiger partial charge in [0.05, 0.1) is 18.7 Å². The van der Waals surface area contributed by atoms with Crippen molar-refractivity contribution in [3.63, 3.8) is 0 Å². The summed E-state index contributed by atoms with van der Waals surface area (Å²) in [5.41, 5.74) is 1.52. The van der Waals surface area contributed by atoms with Gasteiger partial charge in [0.15, 0.2) is 5.78 Å². The normalized spacial score (nSPS) is 10.4. The molecule has 0 spiro atoms. The van der Waals surface area contributed by atoms with Crippen LogP contribution in [0.15, 0.2) is 46.9 Å². The topological polar surface area (TPSA) is 35.5 Å². The molecule has 5 heteroatoms. The standard InChI is InChI=1S/C16H14BrClO3/c1-20-16-7-4-12(8-14(16)18)15(19)10-21-9-11-2-5-13(17)6-3-11/h2-8H,9-10H2,1H3. The molecule has 2 aromatic carbocycles. The highest BCUT2D eigenvalue weighted by Gasteiger charge is 2.09. The number of carbonyl (C=O) groups excluding carboxylic acids is 1. The SMILES string of the molecule is COc1ccc(C(=O)COCc2ccc(Br)cc2)cc1Cl. The van der Waals surface area contributed by atoms with Crippen molar-refractivity contribution in [3.05, 3.63) is 63.1 Å². The number of ether oxygens (including phenoxy) is 2. The van der Waals surface area contributed by atoms with Gasteiger partial charge in [0.2, 0.25) is 0 Å². The number of hydrogen-bond acceptors (Lipinski definition) is 3. The predicted octanol–water partition coefficient (Wildman–Crippen LogP) is 4.51. The van der Waals surface area contributed by atoms with E-state index in [9.17, 15) is 4.79 Å². The minimum atomic E-state index is -0.114. The van der Waals surface area contributed by atoms with Crippen molar-refractivity contribution in [1.82, 2.24) is 0 Å². The van der Waals surface area contributed by atoms with Crippen LogP contribution in [-0.4, -0.2) is 19.5 Å². The van der Waals surface area contributed by atoms with E-state index in [0.29, 0.717) is 22.9 Å². The van der Waals surface area contributed by atoms with Gasteiger partial charge >= 0.3 is 0 Å². The Morgan fingerprint density at radius 2 is 1.90 bits per heavy atom. The largest absolute Gasteiger partial charge is 0.495 e. The van der Waals surface area contributed by atoms with Crippen molar-refractivity contribution < 1.29 is 14.3 Å². The zero-order valence-corrected chi connectivity index (χ0v) is 13.8. The molecule has 2 rings (SSSR count). The molecule has 0 saturated carbocycles. The van der Waals surface area contributed by atoms with E-state index in [0.717, 1.165) is 10.0 Å². The summed E-state index contributed by atoms with van der Waals surface area (Å²) in [6, 6.07) is 12.7. The van der Waals surface area contributed by atoms with E-state index in [4.69, 9.17) is 21.1 Å². The van der Waals surface area contributed by atoms with Crippen LogP contribution in [0.2, 0.25) is 5.02 Å². The van der Waals surface area contributed by atoms with Crippen molar-refractivity contribution in [3.8, 4) is 5.75 Å². The Bertz CT molecular complexity index is 626. The lowest BCUT2D eigenvalue weighted by molar-refractivity contribution is 0.0726. The molecule has 0 bridgehead atoms. The van der Waals surface area contributed by atoms with E-state index in [1.54, 1.807) is 18.2 Å². The minimum Gasteiger partial charge on any atom is -0.495 e. The average molecular weight is 370 g/mol. The first kappa shape index (κ1) is 16.0. The Kier molecular flexibility index (Phi) is 5.79. The third kappa shape index (κ3) is 4.56. The number of ketones is 1. The summed E-state index contributed by atoms with van der Waals surface area (Å²) in [4.78, 5) is 12.0. The number of rotatable bonds is 6. The van der Waals surface area contributed by atoms with Gasteiger partial charge < -0.3 is 9.47 Å². The van der Waals surface area contributed by atoms with Gasteiger partial charge in [0, 0.05) is 10.0 Å². The van der Waals surface area contributed by atoms with Crippen LogP contribution in [0.4, 0.5) is 0 Å². The van der Waals surface area contributed by atoms with Crippen LogP contribution < -0.4 is 4.74 Å². The smallest absolute Gasteiger partial charge is 0.188 e. The molecule has 0 atom stereocenters. The molecule has 110 valence electrons. The first-order chi connectivity index (χ1) is 10.1. The fourth-order valence-corrected chi connectivity index (χ4v) is 2.29. The van der Waals surface area contributed by atoms with Crippen LogP contribution in [0.5, 0.6) is 5.75 Å². The van der Waals surface area contributed by atoms with Gasteiger partial charge in [-0.2, -0.15) is 0 Å². The van der Waals surface area contributed by atoms with Crippen LogP contribution >= 0.6 is 27.5 Å². The first-order valence-electron chi connectivity index (χ1n) is 6.29. The van der Waals surface area contributed by atoms with Crippen molar-refractivity contribution in [2.24, 2.45) is 0 Å². The van der Waals surface area contributed by atoms with Gasteiger partial charge in [0.25, 0.3) is 0 Å². The fourth-order valence-electron chi connectivity index (χ4n) is 1.77. The van der Waals surface area contributed by atoms with E-state index in [1.807, 2.05) is 24.3 Å². The van der Waals surface area contributed by atoms with Gasteiger partial charge in [-0.25, -0.2) is 0 Å². The van der Waals surface area contributed by atoms with Crippen LogP contribution in [0.1, 0.15) is 15.9 Å². The summed E-state index contributed by atoms with van der Waals surface area (Å²) in [6.07, 6.45) is 0. The van der Waals surface area contributed by atoms with Gasteiger partial charge in [-0.05, 0) is 35.9 Å². The highest BCUT2D eigenvalue weighted by Crippen LogP contribution is 2.25. The molecule has 0 aromatic heterocycles. The molecule has 0 unspecified atom stereocenters. The monoisotopic (exact) mass is 368 g/mol. The molecular weight excluding hydrogens is 356 g/mol. The summed E-state index contributed by atoms with van der Waals surface area (Å²) in [5.74, 6) is 0.431. The Balaban J connectivity index is 1.89. The lowest BCUT2D eigenvalue weighted by atomic mass is 10.1. The molecule has 0 fully saturated rings. The van der Waals surface area contributed by atoms with Gasteiger partial charge in [-0.1, -0.05) is 39.7 Å². The third-order valence-electron chi connectivity index (χ3n) is 2.89. The molecule has 3 nitrogen and oxygen atoms in total. The second kappa shape index (κ2) is 7.59. The molecule has 0 aliphatic carbocycles. The maximum absolute atomic E-state index is 12.0. The quantitative estimate of drug-likeness (QED) is 0.703. The number of methoxy groups -OCH3 is 1. The second-order valence-electron chi connectivity index (χ2n) is 4.39. The molecule has 0 amide bonds. The van der Waals surface area contributed by atoms with E-state index in [2.05, 4.69) is 15.9 Å². The Labute approximate surface area is 137 Å². The third-order valence-corrected chi connectivity index (χ3v) is 3.71. The second-order valence-corrected chi connectivity index (χ2v) is 5.71. The van der Waals surface area contributed by atoms with Crippen LogP contribution in [-0.2, 0) is 11.3 Å². The maximum Gasteiger partial charge on any atom is 0.188 e. The maximum atomic E-state index is 12.0. The molecule has 0 radical (unpaired) electrons. The molecular formula is C16H14BrClO3. The number of Topliss-reactive ketones (excluding diaryl/α,β-unsaturated/α-hetero) is 1. The van der Waals surface area contributed by atoms with Gasteiger partial charge in [-0.15, -0.1) is 0 Å². The summed E-state index contributed by atoms with van der Waals surface area (Å²) >= 11 is 9.36. The number of hydrogen-bond donors (Lipinski definition) is 0. The predicted molar refractivity (Wildman–Crippen MR) is 86.1 cm³/mol. The molecule has 0 heterocycles. The number of halogens is 2. The van der Waals surface area contributed by atoms with Crippen molar-refractivity contribution in [2.75, 3.05) is 13.7 Å². The Morgan fingerprint density at radius 1 is 1.19 bits per heavy atom. The van der Waals surface area contributed by atoms with Crippen molar-refractivity contribution in [2.45, 2.75) is 6.61 Å². The molecule has 0 N–H and O–H groups in total. The van der Waals surface area contributed by atoms with Crippen LogP contribution in [0.3, 0.4) is 0 Å². The Hall–Kier alpha value is -1.36. The lowest BCUT2D eigenvalue weighted by Crippen LogP contribution is -2.09. The number of benzene rings is 2. The van der Waals surface area contributed by atoms with Crippen molar-refractivity contribution in [1.29, 1.82) is 0 Å². The highest BCUT2D eigenvalue weighted by molar-refractivity contribution is 9.10. The number of carbonyl (C=O) groups is 1. The fraction of sp³-hybridized carbons (Fsp3) is 0.188. The minimum absolute atomic E-state index is 0.0126. The molecule has 21 heavy (non-hydrogen) atoms. The highest BCUT2D eigenvalue weighted by atomic mass is 79.9. The lowest BCUT2D eigenvalue weighted by Gasteiger charge is -2.07. The van der Waals surface area contributed by atoms with E-state index < -0.39 is 0 Å². The zero-order valence-electron chi connectivity index (χ0n) is 11.4. The average Bonchev–Trinajstić information content (AvgIpc) is 2.49. The summed E-state index contributed by atoms with van der Waals surface area (Å²) < 4.78 is 11.5. The molecule has 0 aliphatic heterocycles.